The Bertz CT molecular complexity index is 1730. The van der Waals surface area contributed by atoms with Gasteiger partial charge in [-0.05, 0) is 49.2 Å². The molecule has 0 bridgehead atoms. The average Bonchev–Trinajstić information content (AvgIpc) is 3.77. The van der Waals surface area contributed by atoms with E-state index in [9.17, 15) is 28.8 Å². The molecule has 4 aromatic rings. The summed E-state index contributed by atoms with van der Waals surface area (Å²) in [5.41, 5.74) is 25.4. The van der Waals surface area contributed by atoms with E-state index in [4.69, 9.17) is 32.4 Å². The summed E-state index contributed by atoms with van der Waals surface area (Å²) in [6, 6.07) is 9.87. The standard InChI is InChI=1S/C30H40N10O8S/c31-21-9-23(33)29(27(43)25(21)41)47-13-15-11-39(37-35-15)17-3-1-5-19(7-17)49(45,46)20-6-2-4-18(8-20)40-12-16(36-38-40)14-48-30-24(34)10-22(32)26(42)28(30)44/h1-8,11-12,21-30,41-44H,9-10,13-14,31-34H2/t21-,22-,23+,24+,25+,26+,27-,28-,29-,30-/m1/s1. The maximum atomic E-state index is 13.7. The molecule has 2 fully saturated rings. The van der Waals surface area contributed by atoms with Crippen molar-refractivity contribution >= 4 is 9.84 Å². The Labute approximate surface area is 281 Å². The number of hydrogen-bond donors (Lipinski definition) is 8. The molecule has 12 N–H and O–H groups in total. The van der Waals surface area contributed by atoms with Gasteiger partial charge in [-0.25, -0.2) is 17.8 Å². The largest absolute Gasteiger partial charge is 0.389 e. The Morgan fingerprint density at radius 3 is 1.47 bits per heavy atom. The zero-order valence-electron chi connectivity index (χ0n) is 26.2. The predicted octanol–water partition coefficient (Wildman–Crippen LogP) is -2.99. The summed E-state index contributed by atoms with van der Waals surface area (Å²) in [6.07, 6.45) is -2.90. The highest BCUT2D eigenvalue weighted by atomic mass is 32.2. The van der Waals surface area contributed by atoms with Gasteiger partial charge in [0, 0.05) is 24.2 Å². The Morgan fingerprint density at radius 2 is 1.06 bits per heavy atom. The van der Waals surface area contributed by atoms with Crippen molar-refractivity contribution in [2.24, 2.45) is 22.9 Å². The van der Waals surface area contributed by atoms with Gasteiger partial charge in [0.1, 0.15) is 35.8 Å². The van der Waals surface area contributed by atoms with Gasteiger partial charge in [-0.2, -0.15) is 0 Å². The van der Waals surface area contributed by atoms with Gasteiger partial charge in [-0.1, -0.05) is 22.6 Å². The van der Waals surface area contributed by atoms with Crippen LogP contribution in [0.2, 0.25) is 0 Å². The zero-order valence-corrected chi connectivity index (χ0v) is 27.0. The quantitative estimate of drug-likeness (QED) is 0.0818. The van der Waals surface area contributed by atoms with Crippen LogP contribution < -0.4 is 22.9 Å². The molecule has 264 valence electrons. The van der Waals surface area contributed by atoms with Crippen molar-refractivity contribution in [3.63, 3.8) is 0 Å². The molecular formula is C30H40N10O8S. The third kappa shape index (κ3) is 7.28. The van der Waals surface area contributed by atoms with Crippen LogP contribution in [0.15, 0.2) is 70.7 Å². The highest BCUT2D eigenvalue weighted by molar-refractivity contribution is 7.91. The van der Waals surface area contributed by atoms with E-state index in [1.807, 2.05) is 0 Å². The lowest BCUT2D eigenvalue weighted by atomic mass is 9.85. The molecule has 18 nitrogen and oxygen atoms in total. The number of aromatic nitrogens is 6. The minimum atomic E-state index is -4.00. The molecule has 0 amide bonds. The minimum absolute atomic E-state index is 0.00837. The van der Waals surface area contributed by atoms with Crippen LogP contribution in [0.1, 0.15) is 24.2 Å². The Hall–Kier alpha value is -3.73. The first-order valence-electron chi connectivity index (χ1n) is 15.6. The summed E-state index contributed by atoms with van der Waals surface area (Å²) in [5.74, 6) is 0. The van der Waals surface area contributed by atoms with Crippen molar-refractivity contribution in [1.82, 2.24) is 30.0 Å². The molecule has 0 unspecified atom stereocenters. The number of sulfone groups is 1. The molecular weight excluding hydrogens is 660 g/mol. The number of aliphatic hydroxyl groups is 4. The lowest BCUT2D eigenvalue weighted by Gasteiger charge is -2.39. The van der Waals surface area contributed by atoms with E-state index in [0.717, 1.165) is 0 Å². The number of ether oxygens (including phenoxy) is 2. The van der Waals surface area contributed by atoms with E-state index < -0.39 is 70.6 Å². The summed E-state index contributed by atoms with van der Waals surface area (Å²) < 4.78 is 41.7. The molecule has 2 heterocycles. The molecule has 2 aliphatic carbocycles. The van der Waals surface area contributed by atoms with Crippen LogP contribution >= 0.6 is 0 Å². The number of aliphatic hydroxyl groups excluding tert-OH is 4. The zero-order chi connectivity index (χ0) is 35.0. The summed E-state index contributed by atoms with van der Waals surface area (Å²) in [4.78, 5) is 0.0167. The second-order valence-corrected chi connectivity index (χ2v) is 14.4. The van der Waals surface area contributed by atoms with Gasteiger partial charge in [-0.15, -0.1) is 10.2 Å². The first-order valence-corrected chi connectivity index (χ1v) is 17.1. The Balaban J connectivity index is 1.13. The molecule has 49 heavy (non-hydrogen) atoms. The second kappa shape index (κ2) is 14.2. The monoisotopic (exact) mass is 700 g/mol. The van der Waals surface area contributed by atoms with E-state index in [2.05, 4.69) is 20.6 Å². The molecule has 6 rings (SSSR count). The van der Waals surface area contributed by atoms with E-state index in [1.54, 1.807) is 36.7 Å². The summed E-state index contributed by atoms with van der Waals surface area (Å²) >= 11 is 0. The maximum Gasteiger partial charge on any atom is 0.206 e. The average molecular weight is 701 g/mol. The number of nitrogens with zero attached hydrogens (tertiary/aromatic N) is 6. The van der Waals surface area contributed by atoms with Gasteiger partial charge in [0.25, 0.3) is 0 Å². The molecule has 19 heteroatoms. The van der Waals surface area contributed by atoms with Crippen molar-refractivity contribution < 1.29 is 38.3 Å². The number of rotatable bonds is 10. The van der Waals surface area contributed by atoms with Gasteiger partial charge in [0.2, 0.25) is 9.84 Å². The first kappa shape index (κ1) is 35.1. The van der Waals surface area contributed by atoms with Gasteiger partial charge in [0.15, 0.2) is 0 Å². The smallest absolute Gasteiger partial charge is 0.206 e. The van der Waals surface area contributed by atoms with Gasteiger partial charge < -0.3 is 52.8 Å². The van der Waals surface area contributed by atoms with E-state index >= 15 is 0 Å². The molecule has 2 aliphatic rings. The third-order valence-electron chi connectivity index (χ3n) is 8.90. The molecule has 0 spiro atoms. The first-order chi connectivity index (χ1) is 23.3. The summed E-state index contributed by atoms with van der Waals surface area (Å²) in [6.45, 7) is -0.127. The van der Waals surface area contributed by atoms with Crippen LogP contribution in [-0.2, 0) is 32.5 Å². The van der Waals surface area contributed by atoms with E-state index in [-0.39, 0.29) is 35.8 Å². The second-order valence-electron chi connectivity index (χ2n) is 12.4. The molecule has 2 aromatic carbocycles. The van der Waals surface area contributed by atoms with Crippen molar-refractivity contribution in [3.8, 4) is 11.4 Å². The topological polar surface area (TPSA) is 299 Å². The van der Waals surface area contributed by atoms with Crippen molar-refractivity contribution in [1.29, 1.82) is 0 Å². The van der Waals surface area contributed by atoms with Gasteiger partial charge >= 0.3 is 0 Å². The van der Waals surface area contributed by atoms with Gasteiger partial charge in [0.05, 0.1) is 59.0 Å². The normalized spacial score (nSPS) is 30.8. The van der Waals surface area contributed by atoms with Crippen LogP contribution in [0.3, 0.4) is 0 Å². The fraction of sp³-hybridized carbons (Fsp3) is 0.467. The maximum absolute atomic E-state index is 13.7. The van der Waals surface area contributed by atoms with Crippen LogP contribution in [0.4, 0.5) is 0 Å². The van der Waals surface area contributed by atoms with Crippen molar-refractivity contribution in [3.05, 3.63) is 72.3 Å². The lowest BCUT2D eigenvalue weighted by molar-refractivity contribution is -0.132. The van der Waals surface area contributed by atoms with E-state index in [0.29, 0.717) is 22.8 Å². The van der Waals surface area contributed by atoms with E-state index in [1.165, 1.54) is 33.6 Å². The molecule has 0 saturated heterocycles. The highest BCUT2D eigenvalue weighted by Crippen LogP contribution is 2.26. The van der Waals surface area contributed by atoms with Crippen LogP contribution in [0, 0.1) is 0 Å². The fourth-order valence-electron chi connectivity index (χ4n) is 6.09. The van der Waals surface area contributed by atoms with Crippen molar-refractivity contribution in [2.45, 2.75) is 96.6 Å². The van der Waals surface area contributed by atoms with Crippen LogP contribution in [-0.4, -0.2) is 120 Å². The Kier molecular flexibility index (Phi) is 10.2. The van der Waals surface area contributed by atoms with Crippen molar-refractivity contribution in [2.75, 3.05) is 0 Å². The predicted molar refractivity (Wildman–Crippen MR) is 170 cm³/mol. The molecule has 0 aliphatic heterocycles. The Morgan fingerprint density at radius 1 is 0.653 bits per heavy atom. The molecule has 10 atom stereocenters. The fourth-order valence-corrected chi connectivity index (χ4v) is 7.43. The highest BCUT2D eigenvalue weighted by Gasteiger charge is 2.42. The summed E-state index contributed by atoms with van der Waals surface area (Å²) in [5, 5.41) is 57.2. The number of hydrogen-bond acceptors (Lipinski definition) is 16. The molecule has 2 saturated carbocycles. The van der Waals surface area contributed by atoms with Crippen LogP contribution in [0.25, 0.3) is 11.4 Å². The SMILES string of the molecule is N[C@@H]1C[C@H](N)[C@@H](OCc2cn(-c3cccc(S(=O)(=O)c4cccc(-n5cc(CO[C@H]6[C@H](O)[C@@H](O)[C@H](N)C[C@@H]6N)nn5)c4)c3)nn2)[C@H](O)[C@H]1O. The van der Waals surface area contributed by atoms with Gasteiger partial charge in [-0.3, -0.25) is 0 Å². The number of benzene rings is 2. The molecule has 2 aromatic heterocycles. The summed E-state index contributed by atoms with van der Waals surface area (Å²) in [7, 11) is -4.00. The van der Waals surface area contributed by atoms with Crippen LogP contribution in [0.5, 0.6) is 0 Å². The molecule has 0 radical (unpaired) electrons. The third-order valence-corrected chi connectivity index (χ3v) is 10.6. The minimum Gasteiger partial charge on any atom is -0.389 e. The number of nitrogens with two attached hydrogens (primary N) is 4. The lowest BCUT2D eigenvalue weighted by Crippen LogP contribution is -2.61.